The second-order valence-electron chi connectivity index (χ2n) is 2.60. The minimum Gasteiger partial charge on any atom is -0.463 e. The first-order valence-electron chi connectivity index (χ1n) is 4.79. The Hall–Kier alpha value is -1.32. The molecule has 1 amide bonds. The molecule has 0 atom stereocenters. The molecule has 0 heterocycles. The van der Waals surface area contributed by atoms with E-state index in [2.05, 4.69) is 4.74 Å². The van der Waals surface area contributed by atoms with Gasteiger partial charge < -0.3 is 9.64 Å². The van der Waals surface area contributed by atoms with Crippen LogP contribution in [-0.4, -0.2) is 36.5 Å². The van der Waals surface area contributed by atoms with Crippen LogP contribution in [0.2, 0.25) is 0 Å². The van der Waals surface area contributed by atoms with Crippen molar-refractivity contribution in [1.82, 2.24) is 4.90 Å². The summed E-state index contributed by atoms with van der Waals surface area (Å²) in [6.07, 6.45) is 2.40. The number of carbonyl (C=O) groups is 2. The van der Waals surface area contributed by atoms with Crippen molar-refractivity contribution < 1.29 is 14.3 Å². The molecule has 0 aliphatic rings. The Morgan fingerprint density at radius 1 is 1.14 bits per heavy atom. The predicted molar refractivity (Wildman–Crippen MR) is 53.7 cm³/mol. The van der Waals surface area contributed by atoms with E-state index in [-0.39, 0.29) is 5.91 Å². The van der Waals surface area contributed by atoms with Crippen LogP contribution < -0.4 is 0 Å². The van der Waals surface area contributed by atoms with Gasteiger partial charge in [0.15, 0.2) is 0 Å². The van der Waals surface area contributed by atoms with Crippen LogP contribution in [-0.2, 0) is 14.3 Å². The molecule has 14 heavy (non-hydrogen) atoms. The van der Waals surface area contributed by atoms with Gasteiger partial charge in [0.1, 0.15) is 0 Å². The molecule has 0 radical (unpaired) electrons. The van der Waals surface area contributed by atoms with E-state index in [9.17, 15) is 9.59 Å². The first-order valence-corrected chi connectivity index (χ1v) is 4.79. The zero-order chi connectivity index (χ0) is 11.0. The minimum atomic E-state index is -0.479. The van der Waals surface area contributed by atoms with Gasteiger partial charge in [-0.25, -0.2) is 4.79 Å². The van der Waals surface area contributed by atoms with E-state index < -0.39 is 5.97 Å². The second-order valence-corrected chi connectivity index (χ2v) is 2.60. The fourth-order valence-corrected chi connectivity index (χ4v) is 0.970. The van der Waals surface area contributed by atoms with Gasteiger partial charge in [0.2, 0.25) is 5.91 Å². The van der Waals surface area contributed by atoms with Crippen molar-refractivity contribution in [3.05, 3.63) is 12.2 Å². The topological polar surface area (TPSA) is 46.6 Å². The zero-order valence-corrected chi connectivity index (χ0v) is 8.95. The molecular weight excluding hydrogens is 182 g/mol. The number of hydrogen-bond acceptors (Lipinski definition) is 3. The normalized spacial score (nSPS) is 10.2. The lowest BCUT2D eigenvalue weighted by Crippen LogP contribution is -2.28. The number of hydrogen-bond donors (Lipinski definition) is 0. The fraction of sp³-hybridized carbons (Fsp3) is 0.600. The van der Waals surface area contributed by atoms with E-state index >= 15 is 0 Å². The molecule has 0 bridgehead atoms. The second kappa shape index (κ2) is 7.12. The molecule has 0 aromatic heterocycles. The van der Waals surface area contributed by atoms with Crippen molar-refractivity contribution in [2.45, 2.75) is 20.8 Å². The summed E-state index contributed by atoms with van der Waals surface area (Å²) in [5.74, 6) is -0.643. The predicted octanol–water partition coefficient (Wildman–Crippen LogP) is 0.974. The first kappa shape index (κ1) is 12.7. The molecule has 0 rings (SSSR count). The Morgan fingerprint density at radius 3 is 2.14 bits per heavy atom. The molecule has 0 unspecified atom stereocenters. The molecule has 0 saturated carbocycles. The number of esters is 1. The highest BCUT2D eigenvalue weighted by atomic mass is 16.5. The van der Waals surface area contributed by atoms with Gasteiger partial charge in [-0.1, -0.05) is 0 Å². The number of likely N-dealkylation sites (N-methyl/N-ethyl adjacent to an activating group) is 1. The summed E-state index contributed by atoms with van der Waals surface area (Å²) in [6, 6.07) is 0. The average Bonchev–Trinajstić information content (AvgIpc) is 2.17. The van der Waals surface area contributed by atoms with Gasteiger partial charge in [-0.3, -0.25) is 4.79 Å². The van der Waals surface area contributed by atoms with Gasteiger partial charge in [-0.2, -0.15) is 0 Å². The average molecular weight is 199 g/mol. The van der Waals surface area contributed by atoms with Crippen LogP contribution in [0.5, 0.6) is 0 Å². The summed E-state index contributed by atoms with van der Waals surface area (Å²) in [5.41, 5.74) is 0. The first-order chi connectivity index (χ1) is 6.65. The van der Waals surface area contributed by atoms with E-state index in [0.29, 0.717) is 19.7 Å². The molecule has 0 aliphatic carbocycles. The van der Waals surface area contributed by atoms with Crippen LogP contribution >= 0.6 is 0 Å². The number of carbonyl (C=O) groups excluding carboxylic acids is 2. The van der Waals surface area contributed by atoms with Gasteiger partial charge >= 0.3 is 5.97 Å². The smallest absolute Gasteiger partial charge is 0.330 e. The monoisotopic (exact) mass is 199 g/mol. The Morgan fingerprint density at radius 2 is 1.71 bits per heavy atom. The van der Waals surface area contributed by atoms with Gasteiger partial charge in [-0.05, 0) is 20.8 Å². The van der Waals surface area contributed by atoms with Crippen LogP contribution in [0.3, 0.4) is 0 Å². The van der Waals surface area contributed by atoms with E-state index in [0.717, 1.165) is 6.08 Å². The van der Waals surface area contributed by atoms with Crippen LogP contribution in [0.4, 0.5) is 0 Å². The molecule has 0 aromatic carbocycles. The quantitative estimate of drug-likeness (QED) is 0.489. The maximum atomic E-state index is 11.3. The number of ether oxygens (including phenoxy) is 1. The summed E-state index contributed by atoms with van der Waals surface area (Å²) >= 11 is 0. The molecule has 0 aliphatic heterocycles. The fourth-order valence-electron chi connectivity index (χ4n) is 0.970. The number of rotatable bonds is 5. The third kappa shape index (κ3) is 4.64. The van der Waals surface area contributed by atoms with Crippen molar-refractivity contribution in [3.8, 4) is 0 Å². The van der Waals surface area contributed by atoms with E-state index in [1.54, 1.807) is 11.8 Å². The van der Waals surface area contributed by atoms with Crippen LogP contribution in [0.25, 0.3) is 0 Å². The van der Waals surface area contributed by atoms with Crippen molar-refractivity contribution in [2.24, 2.45) is 0 Å². The Balaban J connectivity index is 4.09. The molecule has 0 saturated heterocycles. The Kier molecular flexibility index (Phi) is 6.45. The Bertz CT molecular complexity index is 219. The number of nitrogens with zero attached hydrogens (tertiary/aromatic N) is 1. The highest BCUT2D eigenvalue weighted by molar-refractivity contribution is 5.94. The lowest BCUT2D eigenvalue weighted by Gasteiger charge is -2.15. The molecular formula is C10H17NO3. The summed E-state index contributed by atoms with van der Waals surface area (Å²) in [6.45, 7) is 7.10. The molecule has 0 N–H and O–H groups in total. The Labute approximate surface area is 84.5 Å². The molecule has 80 valence electrons. The lowest BCUT2D eigenvalue weighted by atomic mass is 10.4. The zero-order valence-electron chi connectivity index (χ0n) is 8.95. The van der Waals surface area contributed by atoms with Crippen LogP contribution in [0.1, 0.15) is 20.8 Å². The van der Waals surface area contributed by atoms with E-state index in [4.69, 9.17) is 0 Å². The molecule has 0 aromatic rings. The van der Waals surface area contributed by atoms with Crippen molar-refractivity contribution in [2.75, 3.05) is 19.7 Å². The highest BCUT2D eigenvalue weighted by Gasteiger charge is 2.05. The highest BCUT2D eigenvalue weighted by Crippen LogP contribution is 1.91. The largest absolute Gasteiger partial charge is 0.463 e. The number of amides is 1. The summed E-state index contributed by atoms with van der Waals surface area (Å²) in [4.78, 5) is 23.8. The van der Waals surface area contributed by atoms with Crippen LogP contribution in [0.15, 0.2) is 12.2 Å². The van der Waals surface area contributed by atoms with Crippen LogP contribution in [0, 0.1) is 0 Å². The maximum Gasteiger partial charge on any atom is 0.330 e. The molecule has 4 heteroatoms. The summed E-state index contributed by atoms with van der Waals surface area (Å²) in [5, 5.41) is 0. The van der Waals surface area contributed by atoms with Crippen molar-refractivity contribution in [3.63, 3.8) is 0 Å². The molecule has 0 fully saturated rings. The van der Waals surface area contributed by atoms with Gasteiger partial charge in [0, 0.05) is 25.2 Å². The van der Waals surface area contributed by atoms with E-state index in [1.807, 2.05) is 13.8 Å². The summed E-state index contributed by atoms with van der Waals surface area (Å²) < 4.78 is 4.64. The van der Waals surface area contributed by atoms with Gasteiger partial charge in [-0.15, -0.1) is 0 Å². The summed E-state index contributed by atoms with van der Waals surface area (Å²) in [7, 11) is 0. The van der Waals surface area contributed by atoms with Crippen molar-refractivity contribution >= 4 is 11.9 Å². The van der Waals surface area contributed by atoms with Gasteiger partial charge in [0.05, 0.1) is 6.61 Å². The maximum absolute atomic E-state index is 11.3. The van der Waals surface area contributed by atoms with Crippen molar-refractivity contribution in [1.29, 1.82) is 0 Å². The lowest BCUT2D eigenvalue weighted by molar-refractivity contribution is -0.137. The van der Waals surface area contributed by atoms with Gasteiger partial charge in [0.25, 0.3) is 0 Å². The molecule has 4 nitrogen and oxygen atoms in total. The third-order valence-corrected chi connectivity index (χ3v) is 1.72. The molecule has 0 spiro atoms. The minimum absolute atomic E-state index is 0.164. The SMILES string of the molecule is CCOC(=O)C=CC(=O)N(CC)CC. The standard InChI is InChI=1S/C10H17NO3/c1-4-11(5-2)9(12)7-8-10(13)14-6-3/h7-8H,4-6H2,1-3H3. The third-order valence-electron chi connectivity index (χ3n) is 1.72. The van der Waals surface area contributed by atoms with E-state index in [1.165, 1.54) is 6.08 Å².